The van der Waals surface area contributed by atoms with Gasteiger partial charge < -0.3 is 10.1 Å². The number of aromatic nitrogens is 1. The Hall–Kier alpha value is -1.63. The number of nitrogens with one attached hydrogen (secondary N) is 1. The number of anilines is 1. The van der Waals surface area contributed by atoms with Gasteiger partial charge in [0, 0.05) is 6.20 Å². The number of carbonyl (C=O) groups excluding carboxylic acids is 1. The minimum atomic E-state index is -3.06. The molecule has 1 aromatic heterocycles. The molecule has 1 atom stereocenters. The van der Waals surface area contributed by atoms with Crippen LogP contribution in [-0.4, -0.2) is 37.4 Å². The molecule has 0 saturated carbocycles. The van der Waals surface area contributed by atoms with Gasteiger partial charge in [-0.2, -0.15) is 0 Å². The lowest BCUT2D eigenvalue weighted by molar-refractivity contribution is -0.119. The Morgan fingerprint density at radius 1 is 1.58 bits per heavy atom. The highest BCUT2D eigenvalue weighted by Crippen LogP contribution is 2.24. The van der Waals surface area contributed by atoms with Crippen molar-refractivity contribution in [2.24, 2.45) is 5.92 Å². The van der Waals surface area contributed by atoms with E-state index < -0.39 is 15.8 Å². The van der Waals surface area contributed by atoms with Crippen LogP contribution in [0.4, 0.5) is 5.69 Å². The molecule has 1 amide bonds. The Kier molecular flexibility index (Phi) is 4.04. The van der Waals surface area contributed by atoms with Crippen LogP contribution >= 0.6 is 0 Å². The van der Waals surface area contributed by atoms with Crippen LogP contribution in [-0.2, 0) is 14.6 Å². The van der Waals surface area contributed by atoms with Gasteiger partial charge in [-0.1, -0.05) is 0 Å². The Labute approximate surface area is 112 Å². The topological polar surface area (TPSA) is 85.4 Å². The first-order valence-corrected chi connectivity index (χ1v) is 7.93. The maximum Gasteiger partial charge on any atom is 0.237 e. The lowest BCUT2D eigenvalue weighted by atomic mass is 10.1. The standard InChI is InChI=1S/C12H16N2O4S/c1-2-18-12-10(4-3-6-13-12)14-11(15)9-5-7-19(16,17)8-9/h3-4,6,9H,2,5,7-8H2,1H3,(H,14,15)/t9-/m0/s1. The third-order valence-corrected chi connectivity index (χ3v) is 4.68. The summed E-state index contributed by atoms with van der Waals surface area (Å²) in [6.45, 7) is 2.27. The number of nitrogens with zero attached hydrogens (tertiary/aromatic N) is 1. The van der Waals surface area contributed by atoms with Crippen LogP contribution in [0, 0.1) is 5.92 Å². The van der Waals surface area contributed by atoms with Crippen LogP contribution in [0.25, 0.3) is 0 Å². The predicted molar refractivity (Wildman–Crippen MR) is 70.8 cm³/mol. The lowest BCUT2D eigenvalue weighted by Gasteiger charge is -2.12. The molecule has 1 aliphatic rings. The second-order valence-electron chi connectivity index (χ2n) is 4.38. The first-order valence-electron chi connectivity index (χ1n) is 6.11. The van der Waals surface area contributed by atoms with E-state index in [-0.39, 0.29) is 17.4 Å². The summed E-state index contributed by atoms with van der Waals surface area (Å²) in [6.07, 6.45) is 1.94. The third kappa shape index (κ3) is 3.44. The van der Waals surface area contributed by atoms with Crippen molar-refractivity contribution in [2.45, 2.75) is 13.3 Å². The molecule has 1 N–H and O–H groups in total. The van der Waals surface area contributed by atoms with Crippen molar-refractivity contribution < 1.29 is 17.9 Å². The molecular formula is C12H16N2O4S. The van der Waals surface area contributed by atoms with Gasteiger partial charge >= 0.3 is 0 Å². The molecule has 1 fully saturated rings. The van der Waals surface area contributed by atoms with Crippen molar-refractivity contribution in [1.82, 2.24) is 4.98 Å². The van der Waals surface area contributed by atoms with Gasteiger partial charge in [-0.05, 0) is 25.5 Å². The zero-order valence-electron chi connectivity index (χ0n) is 10.6. The minimum absolute atomic E-state index is 0.0798. The molecule has 2 rings (SSSR count). The average Bonchev–Trinajstić information content (AvgIpc) is 2.73. The molecule has 1 aromatic rings. The van der Waals surface area contributed by atoms with E-state index >= 15 is 0 Å². The second-order valence-corrected chi connectivity index (χ2v) is 6.61. The first kappa shape index (κ1) is 13.8. The van der Waals surface area contributed by atoms with E-state index in [9.17, 15) is 13.2 Å². The monoisotopic (exact) mass is 284 g/mol. The van der Waals surface area contributed by atoms with Crippen molar-refractivity contribution in [3.05, 3.63) is 18.3 Å². The Bertz CT molecular complexity index is 571. The van der Waals surface area contributed by atoms with Crippen LogP contribution in [0.3, 0.4) is 0 Å². The van der Waals surface area contributed by atoms with Crippen molar-refractivity contribution >= 4 is 21.4 Å². The Morgan fingerprint density at radius 2 is 2.37 bits per heavy atom. The second kappa shape index (κ2) is 5.56. The number of sulfone groups is 1. The van der Waals surface area contributed by atoms with Gasteiger partial charge in [0.15, 0.2) is 9.84 Å². The third-order valence-electron chi connectivity index (χ3n) is 2.91. The van der Waals surface area contributed by atoms with E-state index in [0.29, 0.717) is 24.6 Å². The predicted octanol–water partition coefficient (Wildman–Crippen LogP) is 0.853. The molecule has 19 heavy (non-hydrogen) atoms. The normalized spacial score (nSPS) is 21.0. The molecule has 0 radical (unpaired) electrons. The summed E-state index contributed by atoms with van der Waals surface area (Å²) in [5, 5.41) is 2.68. The molecule has 1 aliphatic heterocycles. The van der Waals surface area contributed by atoms with Crippen molar-refractivity contribution in [1.29, 1.82) is 0 Å². The van der Waals surface area contributed by atoms with Crippen molar-refractivity contribution in [2.75, 3.05) is 23.4 Å². The van der Waals surface area contributed by atoms with Gasteiger partial charge in [0.25, 0.3) is 0 Å². The molecule has 2 heterocycles. The van der Waals surface area contributed by atoms with Crippen LogP contribution in [0.2, 0.25) is 0 Å². The summed E-state index contributed by atoms with van der Waals surface area (Å²) in [6, 6.07) is 3.36. The SMILES string of the molecule is CCOc1ncccc1NC(=O)[C@H]1CCS(=O)(=O)C1. The van der Waals surface area contributed by atoms with Gasteiger partial charge in [0.1, 0.15) is 5.69 Å². The molecular weight excluding hydrogens is 268 g/mol. The van der Waals surface area contributed by atoms with Crippen molar-refractivity contribution in [3.63, 3.8) is 0 Å². The fourth-order valence-corrected chi connectivity index (χ4v) is 3.72. The lowest BCUT2D eigenvalue weighted by Crippen LogP contribution is -2.24. The van der Waals surface area contributed by atoms with Gasteiger partial charge in [-0.25, -0.2) is 13.4 Å². The number of hydrogen-bond acceptors (Lipinski definition) is 5. The van der Waals surface area contributed by atoms with Gasteiger partial charge in [-0.3, -0.25) is 4.79 Å². The van der Waals surface area contributed by atoms with E-state index in [0.717, 1.165) is 0 Å². The summed E-state index contributed by atoms with van der Waals surface area (Å²) in [4.78, 5) is 16.0. The largest absolute Gasteiger partial charge is 0.476 e. The molecule has 104 valence electrons. The van der Waals surface area contributed by atoms with E-state index in [4.69, 9.17) is 4.74 Å². The minimum Gasteiger partial charge on any atom is -0.476 e. The smallest absolute Gasteiger partial charge is 0.237 e. The number of carbonyl (C=O) groups is 1. The fourth-order valence-electron chi connectivity index (χ4n) is 1.97. The van der Waals surface area contributed by atoms with Crippen LogP contribution in [0.15, 0.2) is 18.3 Å². The van der Waals surface area contributed by atoms with Crippen LogP contribution in [0.5, 0.6) is 5.88 Å². The van der Waals surface area contributed by atoms with E-state index in [1.54, 1.807) is 18.3 Å². The van der Waals surface area contributed by atoms with Crippen LogP contribution in [0.1, 0.15) is 13.3 Å². The molecule has 0 spiro atoms. The van der Waals surface area contributed by atoms with Crippen molar-refractivity contribution in [3.8, 4) is 5.88 Å². The first-order chi connectivity index (χ1) is 9.02. The average molecular weight is 284 g/mol. The van der Waals surface area contributed by atoms with Gasteiger partial charge in [0.2, 0.25) is 11.8 Å². The molecule has 6 nitrogen and oxygen atoms in total. The molecule has 0 aromatic carbocycles. The zero-order valence-corrected chi connectivity index (χ0v) is 11.4. The highest BCUT2D eigenvalue weighted by Gasteiger charge is 2.33. The Morgan fingerprint density at radius 3 is 3.00 bits per heavy atom. The number of pyridine rings is 1. The number of rotatable bonds is 4. The maximum atomic E-state index is 12.0. The number of amides is 1. The van der Waals surface area contributed by atoms with Gasteiger partial charge in [0.05, 0.1) is 24.0 Å². The summed E-state index contributed by atoms with van der Waals surface area (Å²) in [5.74, 6) is -0.437. The highest BCUT2D eigenvalue weighted by atomic mass is 32.2. The molecule has 0 unspecified atom stereocenters. The fraction of sp³-hybridized carbons (Fsp3) is 0.500. The molecule has 1 saturated heterocycles. The Balaban J connectivity index is 2.07. The molecule has 0 bridgehead atoms. The summed E-state index contributed by atoms with van der Waals surface area (Å²) < 4.78 is 28.0. The molecule has 0 aliphatic carbocycles. The van der Waals surface area contributed by atoms with Gasteiger partial charge in [-0.15, -0.1) is 0 Å². The summed E-state index contributed by atoms with van der Waals surface area (Å²) >= 11 is 0. The molecule has 7 heteroatoms. The maximum absolute atomic E-state index is 12.0. The highest BCUT2D eigenvalue weighted by molar-refractivity contribution is 7.91. The van der Waals surface area contributed by atoms with Crippen LogP contribution < -0.4 is 10.1 Å². The number of hydrogen-bond donors (Lipinski definition) is 1. The zero-order chi connectivity index (χ0) is 13.9. The quantitative estimate of drug-likeness (QED) is 0.886. The van der Waals surface area contributed by atoms with E-state index in [1.165, 1.54) is 0 Å². The summed E-state index contributed by atoms with van der Waals surface area (Å²) in [5.41, 5.74) is 0.471. The summed E-state index contributed by atoms with van der Waals surface area (Å²) in [7, 11) is -3.06. The van der Waals surface area contributed by atoms with E-state index in [2.05, 4.69) is 10.3 Å². The van der Waals surface area contributed by atoms with E-state index in [1.807, 2.05) is 6.92 Å². The number of ether oxygens (including phenoxy) is 1.